The Morgan fingerprint density at radius 3 is 2.81 bits per heavy atom. The van der Waals surface area contributed by atoms with Crippen molar-refractivity contribution in [3.05, 3.63) is 41.7 Å². The fourth-order valence-electron chi connectivity index (χ4n) is 1.17. The lowest BCUT2D eigenvalue weighted by atomic mass is 10.4. The molecule has 2 rings (SSSR count). The van der Waals surface area contributed by atoms with Crippen LogP contribution in [0.15, 0.2) is 46.6 Å². The summed E-state index contributed by atoms with van der Waals surface area (Å²) in [4.78, 5) is 9.22. The van der Waals surface area contributed by atoms with Crippen molar-refractivity contribution < 1.29 is 0 Å². The van der Waals surface area contributed by atoms with Gasteiger partial charge in [0, 0.05) is 18.0 Å². The molecular weight excluding hydrogens is 242 g/mol. The molecule has 0 bridgehead atoms. The van der Waals surface area contributed by atoms with Gasteiger partial charge in [-0.1, -0.05) is 35.5 Å². The first-order valence-electron chi connectivity index (χ1n) is 4.72. The first kappa shape index (κ1) is 11.2. The molecule has 0 saturated heterocycles. The second kappa shape index (κ2) is 5.18. The smallest absolute Gasteiger partial charge is 0.130 e. The van der Waals surface area contributed by atoms with Crippen LogP contribution in [-0.4, -0.2) is 17.0 Å². The van der Waals surface area contributed by atoms with Crippen LogP contribution < -0.4 is 5.32 Å². The molecule has 3 nitrogen and oxygen atoms in total. The zero-order valence-corrected chi connectivity index (χ0v) is 10.2. The molecule has 1 heterocycles. The van der Waals surface area contributed by atoms with Gasteiger partial charge in [-0.05, 0) is 12.1 Å². The Morgan fingerprint density at radius 1 is 1.25 bits per heavy atom. The molecule has 0 saturated carbocycles. The second-order valence-electron chi connectivity index (χ2n) is 3.02. The summed E-state index contributed by atoms with van der Waals surface area (Å²) in [6, 6.07) is 9.58. The van der Waals surface area contributed by atoms with Crippen molar-refractivity contribution in [1.29, 1.82) is 0 Å². The molecule has 0 fully saturated rings. The van der Waals surface area contributed by atoms with Gasteiger partial charge in [-0.15, -0.1) is 0 Å². The quantitative estimate of drug-likeness (QED) is 0.850. The average molecular weight is 252 g/mol. The molecule has 16 heavy (non-hydrogen) atoms. The maximum atomic E-state index is 6.07. The van der Waals surface area contributed by atoms with Gasteiger partial charge in [0.1, 0.15) is 17.2 Å². The molecule has 82 valence electrons. The number of rotatable bonds is 3. The highest BCUT2D eigenvalue weighted by molar-refractivity contribution is 7.99. The van der Waals surface area contributed by atoms with Gasteiger partial charge < -0.3 is 5.32 Å². The number of hydrogen-bond donors (Lipinski definition) is 1. The number of nitrogens with zero attached hydrogens (tertiary/aromatic N) is 2. The van der Waals surface area contributed by atoms with E-state index in [1.165, 1.54) is 18.1 Å². The summed E-state index contributed by atoms with van der Waals surface area (Å²) in [5.41, 5.74) is 0. The molecule has 0 aliphatic heterocycles. The van der Waals surface area contributed by atoms with E-state index in [0.717, 1.165) is 20.8 Å². The van der Waals surface area contributed by atoms with Crippen molar-refractivity contribution >= 4 is 29.2 Å². The van der Waals surface area contributed by atoms with E-state index in [1.807, 2.05) is 37.4 Å². The van der Waals surface area contributed by atoms with E-state index in [1.54, 1.807) is 0 Å². The summed E-state index contributed by atoms with van der Waals surface area (Å²) < 4.78 is 0. The summed E-state index contributed by atoms with van der Waals surface area (Å²) in [5.74, 6) is 0.796. The zero-order valence-electron chi connectivity index (χ0n) is 8.64. The SMILES string of the molecule is CNc1cc(Sc2ccccc2Cl)ncn1. The lowest BCUT2D eigenvalue weighted by Crippen LogP contribution is -1.93. The molecule has 0 spiro atoms. The fourth-order valence-corrected chi connectivity index (χ4v) is 2.23. The number of benzene rings is 1. The van der Waals surface area contributed by atoms with Crippen molar-refractivity contribution in [1.82, 2.24) is 9.97 Å². The molecule has 0 unspecified atom stereocenters. The fraction of sp³-hybridized carbons (Fsp3) is 0.0909. The van der Waals surface area contributed by atoms with Gasteiger partial charge in [0.2, 0.25) is 0 Å². The predicted molar refractivity (Wildman–Crippen MR) is 67.2 cm³/mol. The highest BCUT2D eigenvalue weighted by Crippen LogP contribution is 2.32. The first-order valence-corrected chi connectivity index (χ1v) is 5.91. The van der Waals surface area contributed by atoms with Gasteiger partial charge >= 0.3 is 0 Å². The monoisotopic (exact) mass is 251 g/mol. The molecule has 0 atom stereocenters. The first-order chi connectivity index (χ1) is 7.79. The number of aromatic nitrogens is 2. The third kappa shape index (κ3) is 2.65. The third-order valence-electron chi connectivity index (χ3n) is 1.95. The standard InChI is InChI=1S/C11H10ClN3S/c1-13-10-6-11(15-7-14-10)16-9-5-3-2-4-8(9)12/h2-7H,1H3,(H,13,14,15). The van der Waals surface area contributed by atoms with Gasteiger partial charge in [0.05, 0.1) is 5.02 Å². The van der Waals surface area contributed by atoms with Crippen molar-refractivity contribution in [2.24, 2.45) is 0 Å². The maximum absolute atomic E-state index is 6.07. The van der Waals surface area contributed by atoms with Crippen LogP contribution in [-0.2, 0) is 0 Å². The third-order valence-corrected chi connectivity index (χ3v) is 3.40. The van der Waals surface area contributed by atoms with Crippen LogP contribution in [0.2, 0.25) is 5.02 Å². The molecular formula is C11H10ClN3S. The molecule has 0 amide bonds. The van der Waals surface area contributed by atoms with Crippen molar-refractivity contribution in [2.75, 3.05) is 12.4 Å². The zero-order chi connectivity index (χ0) is 11.4. The van der Waals surface area contributed by atoms with E-state index in [0.29, 0.717) is 0 Å². The largest absolute Gasteiger partial charge is 0.373 e. The van der Waals surface area contributed by atoms with Crippen molar-refractivity contribution in [2.45, 2.75) is 9.92 Å². The van der Waals surface area contributed by atoms with Gasteiger partial charge in [-0.2, -0.15) is 0 Å². The van der Waals surface area contributed by atoms with Gasteiger partial charge in [0.25, 0.3) is 0 Å². The Kier molecular flexibility index (Phi) is 3.64. The van der Waals surface area contributed by atoms with Gasteiger partial charge in [-0.25, -0.2) is 9.97 Å². The topological polar surface area (TPSA) is 37.8 Å². The maximum Gasteiger partial charge on any atom is 0.130 e. The molecule has 0 aliphatic carbocycles. The minimum Gasteiger partial charge on any atom is -0.373 e. The lowest BCUT2D eigenvalue weighted by molar-refractivity contribution is 1.05. The van der Waals surface area contributed by atoms with Crippen LogP contribution in [0.1, 0.15) is 0 Å². The molecule has 1 aromatic carbocycles. The van der Waals surface area contributed by atoms with Crippen molar-refractivity contribution in [3.63, 3.8) is 0 Å². The molecule has 1 N–H and O–H groups in total. The molecule has 0 aliphatic rings. The Bertz CT molecular complexity index is 490. The highest BCUT2D eigenvalue weighted by Gasteiger charge is 2.03. The van der Waals surface area contributed by atoms with E-state index in [2.05, 4.69) is 15.3 Å². The van der Waals surface area contributed by atoms with Gasteiger partial charge in [0.15, 0.2) is 0 Å². The van der Waals surface area contributed by atoms with Crippen LogP contribution >= 0.6 is 23.4 Å². The Hall–Kier alpha value is -1.26. The van der Waals surface area contributed by atoms with Crippen LogP contribution in [0.25, 0.3) is 0 Å². The summed E-state index contributed by atoms with van der Waals surface area (Å²) in [6.45, 7) is 0. The average Bonchev–Trinajstić information content (AvgIpc) is 2.32. The van der Waals surface area contributed by atoms with Crippen molar-refractivity contribution in [3.8, 4) is 0 Å². The van der Waals surface area contributed by atoms with Crippen LogP contribution in [0.5, 0.6) is 0 Å². The summed E-state index contributed by atoms with van der Waals surface area (Å²) in [7, 11) is 1.83. The molecule has 1 aromatic heterocycles. The number of hydrogen-bond acceptors (Lipinski definition) is 4. The van der Waals surface area contributed by atoms with E-state index in [4.69, 9.17) is 11.6 Å². The van der Waals surface area contributed by atoms with Crippen LogP contribution in [0.4, 0.5) is 5.82 Å². The van der Waals surface area contributed by atoms with E-state index in [9.17, 15) is 0 Å². The number of anilines is 1. The second-order valence-corrected chi connectivity index (χ2v) is 4.49. The molecule has 2 aromatic rings. The molecule has 0 radical (unpaired) electrons. The number of nitrogens with one attached hydrogen (secondary N) is 1. The van der Waals surface area contributed by atoms with Crippen LogP contribution in [0.3, 0.4) is 0 Å². The highest BCUT2D eigenvalue weighted by atomic mass is 35.5. The van der Waals surface area contributed by atoms with Gasteiger partial charge in [-0.3, -0.25) is 0 Å². The van der Waals surface area contributed by atoms with Crippen LogP contribution in [0, 0.1) is 0 Å². The summed E-state index contributed by atoms with van der Waals surface area (Å²) in [6.07, 6.45) is 1.53. The van der Waals surface area contributed by atoms with E-state index >= 15 is 0 Å². The molecule has 5 heteroatoms. The predicted octanol–water partition coefficient (Wildman–Crippen LogP) is 3.32. The Morgan fingerprint density at radius 2 is 2.06 bits per heavy atom. The Labute approximate surface area is 103 Å². The Balaban J connectivity index is 2.24. The number of halogens is 1. The normalized spacial score (nSPS) is 10.1. The van der Waals surface area contributed by atoms with E-state index in [-0.39, 0.29) is 0 Å². The summed E-state index contributed by atoms with van der Waals surface area (Å²) >= 11 is 7.59. The minimum atomic E-state index is 0.733. The summed E-state index contributed by atoms with van der Waals surface area (Å²) in [5, 5.41) is 4.57. The lowest BCUT2D eigenvalue weighted by Gasteiger charge is -2.04. The van der Waals surface area contributed by atoms with E-state index < -0.39 is 0 Å². The minimum absolute atomic E-state index is 0.733.